The Morgan fingerprint density at radius 3 is 1.97 bits per heavy atom. The molecule has 1 aromatic heterocycles. The average Bonchev–Trinajstić information content (AvgIpc) is 2.73. The minimum absolute atomic E-state index is 0.0983. The van der Waals surface area contributed by atoms with Gasteiger partial charge in [-0.1, -0.05) is 23.3 Å². The fourth-order valence-electron chi connectivity index (χ4n) is 2.97. The fourth-order valence-corrected chi connectivity index (χ4v) is 2.97. The molecule has 0 aliphatic heterocycles. The van der Waals surface area contributed by atoms with Gasteiger partial charge in [0.1, 0.15) is 11.5 Å². The molecule has 0 atom stereocenters. The molecule has 5 nitrogen and oxygen atoms in total. The second-order valence-corrected chi connectivity index (χ2v) is 7.37. The average molecular weight is 407 g/mol. The highest BCUT2D eigenvalue weighted by atomic mass is 16.5. The minimum Gasteiger partial charge on any atom is -0.497 e. The zero-order valence-corrected chi connectivity index (χ0v) is 18.8. The second kappa shape index (κ2) is 10.4. The van der Waals surface area contributed by atoms with Gasteiger partial charge in [0.2, 0.25) is 0 Å². The summed E-state index contributed by atoms with van der Waals surface area (Å²) in [6, 6.07) is 15.2. The van der Waals surface area contributed by atoms with E-state index in [-0.39, 0.29) is 5.56 Å². The summed E-state index contributed by atoms with van der Waals surface area (Å²) in [4.78, 5) is 12.7. The lowest BCUT2D eigenvalue weighted by molar-refractivity contribution is 0.414. The first-order chi connectivity index (χ1) is 14.3. The Balaban J connectivity index is 0.000000297. The smallest absolute Gasteiger partial charge is 0.279 e. The van der Waals surface area contributed by atoms with Crippen molar-refractivity contribution in [2.24, 2.45) is 0 Å². The third-order valence-corrected chi connectivity index (χ3v) is 4.56. The molecule has 0 spiro atoms. The topological polar surface area (TPSA) is 53.4 Å². The van der Waals surface area contributed by atoms with Crippen LogP contribution in [0.5, 0.6) is 11.5 Å². The molecule has 2 aromatic carbocycles. The molecule has 3 aromatic rings. The molecule has 158 valence electrons. The standard InChI is InChI=1S/C17H20N2O2.C8H10O/c1-11(2)15-10-18-19(17(20)16(15)12(3)4)13-6-8-14(21-5)9-7-13;1-7-4-3-5-8(6-7)9-2/h6-10H,1-5H3;3-6H,1-2H3. The maximum absolute atomic E-state index is 12.7. The molecule has 0 saturated carbocycles. The van der Waals surface area contributed by atoms with Gasteiger partial charge in [-0.2, -0.15) is 9.78 Å². The monoisotopic (exact) mass is 406 g/mol. The highest BCUT2D eigenvalue weighted by molar-refractivity contribution is 5.46. The van der Waals surface area contributed by atoms with Crippen LogP contribution < -0.4 is 25.5 Å². The number of aromatic nitrogens is 2. The molecule has 3 rings (SSSR count). The quantitative estimate of drug-likeness (QED) is 0.667. The molecular weight excluding hydrogens is 376 g/mol. The maximum Gasteiger partial charge on any atom is 0.279 e. The molecule has 0 amide bonds. The van der Waals surface area contributed by atoms with Crippen molar-refractivity contribution < 1.29 is 9.47 Å². The summed E-state index contributed by atoms with van der Waals surface area (Å²) in [6.45, 7) is 9.91. The van der Waals surface area contributed by atoms with Gasteiger partial charge in [-0.25, -0.2) is 0 Å². The number of ether oxygens (including phenoxy) is 2. The van der Waals surface area contributed by atoms with E-state index in [1.165, 1.54) is 10.2 Å². The van der Waals surface area contributed by atoms with E-state index < -0.39 is 0 Å². The van der Waals surface area contributed by atoms with Gasteiger partial charge in [0.05, 0.1) is 26.1 Å². The van der Waals surface area contributed by atoms with Crippen LogP contribution in [0.1, 0.15) is 33.3 Å². The molecule has 30 heavy (non-hydrogen) atoms. The molecule has 0 aliphatic rings. The van der Waals surface area contributed by atoms with Gasteiger partial charge in [0, 0.05) is 10.4 Å². The van der Waals surface area contributed by atoms with Crippen molar-refractivity contribution >= 4 is 11.1 Å². The Kier molecular flexibility index (Phi) is 7.98. The van der Waals surface area contributed by atoms with Crippen LogP contribution in [0.2, 0.25) is 0 Å². The lowest BCUT2D eigenvalue weighted by Gasteiger charge is -2.07. The van der Waals surface area contributed by atoms with Crippen LogP contribution in [0.15, 0.2) is 59.5 Å². The molecule has 0 bridgehead atoms. The van der Waals surface area contributed by atoms with E-state index in [2.05, 4.69) is 5.10 Å². The summed E-state index contributed by atoms with van der Waals surface area (Å²) in [5.41, 5.74) is 3.93. The SMILES string of the molecule is COc1ccc(-n2ncc(=C(C)C)c(=C(C)C)c2=O)cc1.COc1cccc(C)c1. The molecule has 0 fully saturated rings. The largest absolute Gasteiger partial charge is 0.497 e. The van der Waals surface area contributed by atoms with E-state index in [4.69, 9.17) is 9.47 Å². The molecule has 5 heteroatoms. The van der Waals surface area contributed by atoms with Gasteiger partial charge in [0.15, 0.2) is 0 Å². The zero-order chi connectivity index (χ0) is 22.3. The molecule has 0 aliphatic carbocycles. The van der Waals surface area contributed by atoms with E-state index in [0.717, 1.165) is 38.8 Å². The van der Waals surface area contributed by atoms with Crippen molar-refractivity contribution in [2.75, 3.05) is 14.2 Å². The summed E-state index contributed by atoms with van der Waals surface area (Å²) in [5.74, 6) is 1.68. The van der Waals surface area contributed by atoms with Gasteiger partial charge < -0.3 is 9.47 Å². The van der Waals surface area contributed by atoms with Crippen LogP contribution in [0.4, 0.5) is 0 Å². The Hall–Kier alpha value is -3.34. The van der Waals surface area contributed by atoms with Crippen LogP contribution in [-0.2, 0) is 0 Å². The number of benzene rings is 2. The van der Waals surface area contributed by atoms with E-state index in [1.807, 2.05) is 83.1 Å². The van der Waals surface area contributed by atoms with Crippen molar-refractivity contribution in [3.8, 4) is 17.2 Å². The third-order valence-electron chi connectivity index (χ3n) is 4.56. The van der Waals surface area contributed by atoms with E-state index in [0.29, 0.717) is 0 Å². The lowest BCUT2D eigenvalue weighted by Crippen LogP contribution is -2.47. The zero-order valence-electron chi connectivity index (χ0n) is 18.8. The minimum atomic E-state index is -0.0983. The van der Waals surface area contributed by atoms with Gasteiger partial charge >= 0.3 is 0 Å². The third kappa shape index (κ3) is 5.60. The van der Waals surface area contributed by atoms with Crippen LogP contribution in [0.3, 0.4) is 0 Å². The van der Waals surface area contributed by atoms with E-state index in [9.17, 15) is 4.79 Å². The number of rotatable bonds is 3. The summed E-state index contributed by atoms with van der Waals surface area (Å²) >= 11 is 0. The summed E-state index contributed by atoms with van der Waals surface area (Å²) in [6.07, 6.45) is 1.75. The normalized spacial score (nSPS) is 9.97. The van der Waals surface area contributed by atoms with Crippen LogP contribution >= 0.6 is 0 Å². The van der Waals surface area contributed by atoms with Crippen molar-refractivity contribution in [1.82, 2.24) is 9.78 Å². The van der Waals surface area contributed by atoms with Crippen molar-refractivity contribution in [2.45, 2.75) is 34.6 Å². The first kappa shape index (κ1) is 22.9. The Labute approximate surface area is 177 Å². The van der Waals surface area contributed by atoms with Crippen LogP contribution in [0, 0.1) is 6.92 Å². The van der Waals surface area contributed by atoms with Crippen molar-refractivity contribution in [3.05, 3.63) is 81.1 Å². The van der Waals surface area contributed by atoms with Gasteiger partial charge in [-0.05, 0) is 76.6 Å². The molecule has 0 unspecified atom stereocenters. The Bertz CT molecular complexity index is 1170. The summed E-state index contributed by atoms with van der Waals surface area (Å²) < 4.78 is 11.6. The van der Waals surface area contributed by atoms with E-state index >= 15 is 0 Å². The fraction of sp³-hybridized carbons (Fsp3) is 0.280. The molecule has 1 heterocycles. The summed E-state index contributed by atoms with van der Waals surface area (Å²) in [7, 11) is 3.29. The van der Waals surface area contributed by atoms with Crippen molar-refractivity contribution in [1.29, 1.82) is 0 Å². The maximum atomic E-state index is 12.7. The number of hydrogen-bond acceptors (Lipinski definition) is 4. The van der Waals surface area contributed by atoms with E-state index in [1.54, 1.807) is 20.4 Å². The molecule has 0 N–H and O–H groups in total. The number of hydrogen-bond donors (Lipinski definition) is 0. The van der Waals surface area contributed by atoms with Gasteiger partial charge in [-0.3, -0.25) is 4.79 Å². The second-order valence-electron chi connectivity index (χ2n) is 7.37. The van der Waals surface area contributed by atoms with Crippen LogP contribution in [0.25, 0.3) is 16.8 Å². The molecular formula is C25H30N2O3. The molecule has 0 radical (unpaired) electrons. The number of aryl methyl sites for hydroxylation is 1. The Morgan fingerprint density at radius 2 is 1.50 bits per heavy atom. The van der Waals surface area contributed by atoms with Gasteiger partial charge in [-0.15, -0.1) is 0 Å². The van der Waals surface area contributed by atoms with Crippen molar-refractivity contribution in [3.63, 3.8) is 0 Å². The number of methoxy groups -OCH3 is 2. The summed E-state index contributed by atoms with van der Waals surface area (Å²) in [5, 5.41) is 5.93. The van der Waals surface area contributed by atoms with Crippen LogP contribution in [-0.4, -0.2) is 24.0 Å². The Morgan fingerprint density at radius 1 is 0.867 bits per heavy atom. The highest BCUT2D eigenvalue weighted by Crippen LogP contribution is 2.12. The van der Waals surface area contributed by atoms with Gasteiger partial charge in [0.25, 0.3) is 5.56 Å². The predicted molar refractivity (Wildman–Crippen MR) is 123 cm³/mol. The first-order valence-electron chi connectivity index (χ1n) is 9.77. The predicted octanol–water partition coefficient (Wildman–Crippen LogP) is 3.63. The molecule has 0 saturated heterocycles. The lowest BCUT2D eigenvalue weighted by atomic mass is 10.1. The first-order valence-corrected chi connectivity index (χ1v) is 9.77. The number of nitrogens with zero attached hydrogens (tertiary/aromatic N) is 2. The highest BCUT2D eigenvalue weighted by Gasteiger charge is 2.05.